The van der Waals surface area contributed by atoms with Crippen molar-refractivity contribution in [2.45, 2.75) is 32.9 Å². The summed E-state index contributed by atoms with van der Waals surface area (Å²) >= 11 is 0. The van der Waals surface area contributed by atoms with Crippen LogP contribution in [0.2, 0.25) is 0 Å². The van der Waals surface area contributed by atoms with Crippen LogP contribution in [-0.4, -0.2) is 26.3 Å². The van der Waals surface area contributed by atoms with Crippen molar-refractivity contribution < 1.29 is 14.0 Å². The largest absolute Gasteiger partial charge is 0.347 e. The van der Waals surface area contributed by atoms with Gasteiger partial charge in [0.05, 0.1) is 0 Å². The number of pyridine rings is 1. The molecule has 10 heteroatoms. The van der Waals surface area contributed by atoms with Gasteiger partial charge < -0.3 is 20.5 Å². The van der Waals surface area contributed by atoms with E-state index in [4.69, 9.17) is 0 Å². The molecule has 4 rings (SSSR count). The van der Waals surface area contributed by atoms with E-state index in [1.165, 1.54) is 41.2 Å². The Morgan fingerprint density at radius 3 is 2.64 bits per heavy atom. The van der Waals surface area contributed by atoms with Crippen molar-refractivity contribution in [1.29, 1.82) is 0 Å². The zero-order valence-corrected chi connectivity index (χ0v) is 18.0. The lowest BCUT2D eigenvalue weighted by Crippen LogP contribution is -2.32. The van der Waals surface area contributed by atoms with Gasteiger partial charge in [-0.15, -0.1) is 0 Å². The van der Waals surface area contributed by atoms with Crippen LogP contribution in [0.15, 0.2) is 53.6 Å². The number of hydrogen-bond donors (Lipinski definition) is 3. The highest BCUT2D eigenvalue weighted by molar-refractivity contribution is 5.94. The number of hydrogen-bond acceptors (Lipinski definition) is 6. The number of carbonyl (C=O) groups excluding carboxylic acids is 2. The maximum atomic E-state index is 13.3. The van der Waals surface area contributed by atoms with Gasteiger partial charge >= 0.3 is 0 Å². The second-order valence-corrected chi connectivity index (χ2v) is 7.67. The standard InChI is InChI=1S/C23H23FN6O3/c1-2-30-18(22(32)25-12-14-4-3-5-16(24)10-14)9-8-17(23(30)33)28-19-11-20(27-13-26-19)29-21(31)15-6-7-15/h3-5,8-11,13,15H,2,6-7,12H2,1H3,(H,25,32)(H2,26,27,28,29,31). The van der Waals surface area contributed by atoms with Crippen LogP contribution >= 0.6 is 0 Å². The molecule has 170 valence electrons. The second-order valence-electron chi connectivity index (χ2n) is 7.67. The van der Waals surface area contributed by atoms with Gasteiger partial charge in [0.25, 0.3) is 11.5 Å². The molecule has 1 aromatic carbocycles. The lowest BCUT2D eigenvalue weighted by molar-refractivity contribution is -0.117. The van der Waals surface area contributed by atoms with E-state index in [1.807, 2.05) is 0 Å². The Labute approximate surface area is 189 Å². The maximum absolute atomic E-state index is 13.3. The van der Waals surface area contributed by atoms with Crippen LogP contribution in [0.1, 0.15) is 35.8 Å². The highest BCUT2D eigenvalue weighted by Crippen LogP contribution is 2.30. The summed E-state index contributed by atoms with van der Waals surface area (Å²) in [5, 5.41) is 8.37. The van der Waals surface area contributed by atoms with Gasteiger partial charge in [0, 0.05) is 25.1 Å². The lowest BCUT2D eigenvalue weighted by Gasteiger charge is -2.14. The highest BCUT2D eigenvalue weighted by atomic mass is 19.1. The van der Waals surface area contributed by atoms with E-state index in [0.717, 1.165) is 12.8 Å². The summed E-state index contributed by atoms with van der Waals surface area (Å²) in [5.74, 6) is -0.207. The van der Waals surface area contributed by atoms with Crippen LogP contribution in [0.5, 0.6) is 0 Å². The quantitative estimate of drug-likeness (QED) is 0.486. The number of halogens is 1. The molecule has 1 aliphatic rings. The molecule has 3 aromatic rings. The fourth-order valence-corrected chi connectivity index (χ4v) is 3.31. The first-order chi connectivity index (χ1) is 15.9. The van der Waals surface area contributed by atoms with E-state index in [9.17, 15) is 18.8 Å². The van der Waals surface area contributed by atoms with E-state index < -0.39 is 11.5 Å². The topological polar surface area (TPSA) is 118 Å². The van der Waals surface area contributed by atoms with E-state index in [1.54, 1.807) is 19.1 Å². The van der Waals surface area contributed by atoms with Crippen LogP contribution < -0.4 is 21.5 Å². The van der Waals surface area contributed by atoms with Gasteiger partial charge in [-0.2, -0.15) is 0 Å². The normalized spacial score (nSPS) is 12.8. The molecular weight excluding hydrogens is 427 g/mol. The third-order valence-corrected chi connectivity index (χ3v) is 5.19. The summed E-state index contributed by atoms with van der Waals surface area (Å²) in [4.78, 5) is 45.7. The molecule has 0 spiro atoms. The highest BCUT2D eigenvalue weighted by Gasteiger charge is 2.29. The zero-order valence-electron chi connectivity index (χ0n) is 18.0. The predicted molar refractivity (Wildman–Crippen MR) is 121 cm³/mol. The minimum absolute atomic E-state index is 0.0349. The van der Waals surface area contributed by atoms with Crippen molar-refractivity contribution in [1.82, 2.24) is 19.9 Å². The van der Waals surface area contributed by atoms with Crippen molar-refractivity contribution >= 4 is 29.1 Å². The molecule has 0 atom stereocenters. The predicted octanol–water partition coefficient (Wildman–Crippen LogP) is 2.82. The van der Waals surface area contributed by atoms with E-state index in [0.29, 0.717) is 17.2 Å². The molecule has 9 nitrogen and oxygen atoms in total. The molecule has 1 fully saturated rings. The first-order valence-electron chi connectivity index (χ1n) is 10.6. The lowest BCUT2D eigenvalue weighted by atomic mass is 10.2. The molecule has 0 aliphatic heterocycles. The Bertz CT molecular complexity index is 1250. The number of carbonyl (C=O) groups is 2. The molecule has 0 radical (unpaired) electrons. The minimum Gasteiger partial charge on any atom is -0.347 e. The average molecular weight is 450 g/mol. The molecule has 2 amide bonds. The molecule has 3 N–H and O–H groups in total. The fourth-order valence-electron chi connectivity index (χ4n) is 3.31. The van der Waals surface area contributed by atoms with E-state index in [2.05, 4.69) is 25.9 Å². The maximum Gasteiger partial charge on any atom is 0.274 e. The Morgan fingerprint density at radius 2 is 1.91 bits per heavy atom. The summed E-state index contributed by atoms with van der Waals surface area (Å²) in [5.41, 5.74) is 0.611. The fraction of sp³-hybridized carbons (Fsp3) is 0.261. The van der Waals surface area contributed by atoms with Gasteiger partial charge in [-0.1, -0.05) is 12.1 Å². The number of nitrogens with zero attached hydrogens (tertiary/aromatic N) is 3. The third kappa shape index (κ3) is 5.40. The molecule has 1 aliphatic carbocycles. The third-order valence-electron chi connectivity index (χ3n) is 5.19. The SMILES string of the molecule is CCn1c(C(=O)NCc2cccc(F)c2)ccc(Nc2cc(NC(=O)C3CC3)ncn2)c1=O. The Balaban J connectivity index is 1.48. The van der Waals surface area contributed by atoms with Gasteiger partial charge in [-0.3, -0.25) is 14.4 Å². The molecule has 2 heterocycles. The van der Waals surface area contributed by atoms with Crippen molar-refractivity contribution in [3.63, 3.8) is 0 Å². The smallest absolute Gasteiger partial charge is 0.274 e. The first-order valence-corrected chi connectivity index (χ1v) is 10.6. The van der Waals surface area contributed by atoms with Crippen LogP contribution in [0.25, 0.3) is 0 Å². The summed E-state index contributed by atoms with van der Waals surface area (Å²) in [6.45, 7) is 2.15. The van der Waals surface area contributed by atoms with Crippen LogP contribution in [0.4, 0.5) is 21.7 Å². The van der Waals surface area contributed by atoms with Gasteiger partial charge in [-0.25, -0.2) is 14.4 Å². The van der Waals surface area contributed by atoms with Gasteiger partial charge in [-0.05, 0) is 49.6 Å². The molecule has 1 saturated carbocycles. The minimum atomic E-state index is -0.447. The number of rotatable bonds is 8. The van der Waals surface area contributed by atoms with Crippen molar-refractivity contribution in [3.8, 4) is 0 Å². The Morgan fingerprint density at radius 1 is 1.12 bits per heavy atom. The van der Waals surface area contributed by atoms with Gasteiger partial charge in [0.1, 0.15) is 35.2 Å². The molecule has 33 heavy (non-hydrogen) atoms. The van der Waals surface area contributed by atoms with Gasteiger partial charge in [0.2, 0.25) is 5.91 Å². The number of anilines is 3. The van der Waals surface area contributed by atoms with Crippen molar-refractivity contribution in [2.75, 3.05) is 10.6 Å². The van der Waals surface area contributed by atoms with E-state index >= 15 is 0 Å². The summed E-state index contributed by atoms with van der Waals surface area (Å²) in [7, 11) is 0. The molecule has 0 bridgehead atoms. The van der Waals surface area contributed by atoms with Crippen LogP contribution in [0, 0.1) is 11.7 Å². The summed E-state index contributed by atoms with van der Waals surface area (Å²) in [6, 6.07) is 10.5. The van der Waals surface area contributed by atoms with E-state index in [-0.39, 0.29) is 42.1 Å². The molecule has 0 unspecified atom stereocenters. The van der Waals surface area contributed by atoms with Crippen molar-refractivity contribution in [2.24, 2.45) is 5.92 Å². The number of aromatic nitrogens is 3. The molecule has 0 saturated heterocycles. The number of amides is 2. The molecular formula is C23H23FN6O3. The summed E-state index contributed by atoms with van der Waals surface area (Å²) in [6.07, 6.45) is 3.04. The second kappa shape index (κ2) is 9.60. The zero-order chi connectivity index (χ0) is 23.4. The van der Waals surface area contributed by atoms with Crippen LogP contribution in [-0.2, 0) is 17.9 Å². The first kappa shape index (κ1) is 22.1. The number of benzene rings is 1. The number of nitrogens with one attached hydrogen (secondary N) is 3. The molecule has 2 aromatic heterocycles. The van der Waals surface area contributed by atoms with Crippen molar-refractivity contribution in [3.05, 3.63) is 76.2 Å². The Kier molecular flexibility index (Phi) is 6.43. The van der Waals surface area contributed by atoms with Gasteiger partial charge in [0.15, 0.2) is 0 Å². The summed E-state index contributed by atoms with van der Waals surface area (Å²) < 4.78 is 14.7. The Hall–Kier alpha value is -4.08. The average Bonchev–Trinajstić information content (AvgIpc) is 3.65. The van der Waals surface area contributed by atoms with Crippen LogP contribution in [0.3, 0.4) is 0 Å². The monoisotopic (exact) mass is 450 g/mol.